The van der Waals surface area contributed by atoms with E-state index in [0.29, 0.717) is 33.6 Å². The molecule has 0 fully saturated rings. The fourth-order valence-electron chi connectivity index (χ4n) is 4.61. The molecule has 0 saturated carbocycles. The van der Waals surface area contributed by atoms with Gasteiger partial charge in [0.1, 0.15) is 12.4 Å². The molecule has 5 aromatic rings. The maximum Gasteiger partial charge on any atom is 0.416 e. The minimum atomic E-state index is -4.40. The topological polar surface area (TPSA) is 56.3 Å². The van der Waals surface area contributed by atoms with Crippen LogP contribution in [-0.2, 0) is 17.5 Å². The third kappa shape index (κ3) is 7.13. The number of hydrogen-bond donors (Lipinski definition) is 1. The third-order valence-corrected chi connectivity index (χ3v) is 7.20. The highest BCUT2D eigenvalue weighted by Gasteiger charge is 2.30. The van der Waals surface area contributed by atoms with Crippen molar-refractivity contribution in [3.8, 4) is 6.01 Å². The normalized spacial score (nSPS) is 11.7. The summed E-state index contributed by atoms with van der Waals surface area (Å²) in [4.78, 5) is 9.18. The fourth-order valence-corrected chi connectivity index (χ4v) is 4.86. The molecule has 216 valence electrons. The number of fused-ring (bicyclic) bond motifs is 1. The number of methoxy groups -OCH3 is 1. The minimum absolute atomic E-state index is 0.149. The van der Waals surface area contributed by atoms with E-state index < -0.39 is 11.7 Å². The number of halogens is 5. The fraction of sp³-hybridized carbons (Fsp3) is 0.188. The van der Waals surface area contributed by atoms with Crippen LogP contribution in [-0.4, -0.2) is 30.3 Å². The van der Waals surface area contributed by atoms with E-state index in [0.717, 1.165) is 34.2 Å². The van der Waals surface area contributed by atoms with E-state index in [1.165, 1.54) is 12.1 Å². The van der Waals surface area contributed by atoms with Crippen molar-refractivity contribution in [3.05, 3.63) is 129 Å². The first-order valence-electron chi connectivity index (χ1n) is 13.1. The second-order valence-electron chi connectivity index (χ2n) is 9.56. The lowest BCUT2D eigenvalue weighted by molar-refractivity contribution is -0.137. The second kappa shape index (κ2) is 13.0. The van der Waals surface area contributed by atoms with Gasteiger partial charge in [-0.1, -0.05) is 65.7 Å². The Morgan fingerprint density at radius 2 is 1.36 bits per heavy atom. The van der Waals surface area contributed by atoms with Crippen molar-refractivity contribution >= 4 is 39.9 Å². The third-order valence-electron chi connectivity index (χ3n) is 6.70. The lowest BCUT2D eigenvalue weighted by atomic mass is 9.85. The van der Waals surface area contributed by atoms with Gasteiger partial charge in [0.2, 0.25) is 0 Å². The Hall–Kier alpha value is -3.85. The van der Waals surface area contributed by atoms with E-state index in [9.17, 15) is 13.2 Å². The standard InChI is InChI=1S/C32H26Cl2F3N3O2/c1-41-16-17-42-31-39-28-15-8-23(29(21-4-11-25(33)12-5-21)22-6-13-26(34)14-7-22)18-27(28)30(40-31)38-19-20-2-9-24(10-3-20)32(35,36)37/h2-15,18,29H,16-17,19H2,1H3,(H,38,39,40). The zero-order chi connectivity index (χ0) is 29.7. The lowest BCUT2D eigenvalue weighted by Gasteiger charge is -2.20. The van der Waals surface area contributed by atoms with E-state index >= 15 is 0 Å². The number of ether oxygens (including phenoxy) is 2. The monoisotopic (exact) mass is 611 g/mol. The predicted molar refractivity (Wildman–Crippen MR) is 160 cm³/mol. The predicted octanol–water partition coefficient (Wildman–Crippen LogP) is 8.77. The first-order valence-corrected chi connectivity index (χ1v) is 13.8. The summed E-state index contributed by atoms with van der Waals surface area (Å²) in [5.74, 6) is 0.337. The van der Waals surface area contributed by atoms with Crippen LogP contribution in [0.15, 0.2) is 91.0 Å². The molecule has 0 spiro atoms. The van der Waals surface area contributed by atoms with Crippen molar-refractivity contribution in [1.29, 1.82) is 0 Å². The molecule has 0 bridgehead atoms. The van der Waals surface area contributed by atoms with Crippen LogP contribution in [0.3, 0.4) is 0 Å². The zero-order valence-corrected chi connectivity index (χ0v) is 24.0. The van der Waals surface area contributed by atoms with Crippen molar-refractivity contribution in [3.63, 3.8) is 0 Å². The Balaban J connectivity index is 1.55. The molecular formula is C32H26Cl2F3N3O2. The van der Waals surface area contributed by atoms with E-state index in [4.69, 9.17) is 32.7 Å². The van der Waals surface area contributed by atoms with Crippen LogP contribution in [0.4, 0.5) is 19.0 Å². The molecule has 0 unspecified atom stereocenters. The molecule has 0 aliphatic heterocycles. The summed E-state index contributed by atoms with van der Waals surface area (Å²) < 4.78 is 49.9. The van der Waals surface area contributed by atoms with E-state index in [1.807, 2.05) is 66.7 Å². The Labute approximate surface area is 251 Å². The van der Waals surface area contributed by atoms with Gasteiger partial charge in [0.15, 0.2) is 0 Å². The number of aromatic nitrogens is 2. The number of benzene rings is 4. The molecule has 4 aromatic carbocycles. The maximum atomic E-state index is 13.0. The molecule has 10 heteroatoms. The average Bonchev–Trinajstić information content (AvgIpc) is 2.98. The number of anilines is 1. The van der Waals surface area contributed by atoms with Gasteiger partial charge in [0.25, 0.3) is 0 Å². The van der Waals surface area contributed by atoms with Gasteiger partial charge in [-0.15, -0.1) is 0 Å². The molecule has 42 heavy (non-hydrogen) atoms. The Bertz CT molecular complexity index is 1600. The molecule has 1 aromatic heterocycles. The van der Waals surface area contributed by atoms with Gasteiger partial charge in [-0.2, -0.15) is 23.1 Å². The molecule has 0 aliphatic rings. The van der Waals surface area contributed by atoms with Crippen LogP contribution in [0.1, 0.15) is 33.7 Å². The Kier molecular flexibility index (Phi) is 9.16. The Morgan fingerprint density at radius 1 is 0.762 bits per heavy atom. The minimum Gasteiger partial charge on any atom is -0.461 e. The van der Waals surface area contributed by atoms with Gasteiger partial charge in [-0.3, -0.25) is 0 Å². The quantitative estimate of drug-likeness (QED) is 0.126. The van der Waals surface area contributed by atoms with Gasteiger partial charge < -0.3 is 14.8 Å². The summed E-state index contributed by atoms with van der Waals surface area (Å²) >= 11 is 12.4. The van der Waals surface area contributed by atoms with Crippen LogP contribution in [0, 0.1) is 0 Å². The first kappa shape index (κ1) is 29.6. The van der Waals surface area contributed by atoms with Crippen LogP contribution < -0.4 is 10.1 Å². The smallest absolute Gasteiger partial charge is 0.416 e. The van der Waals surface area contributed by atoms with Crippen LogP contribution in [0.5, 0.6) is 6.01 Å². The highest BCUT2D eigenvalue weighted by Crippen LogP contribution is 2.36. The first-order chi connectivity index (χ1) is 20.2. The molecule has 5 rings (SSSR count). The van der Waals surface area contributed by atoms with Crippen LogP contribution in [0.2, 0.25) is 10.0 Å². The second-order valence-corrected chi connectivity index (χ2v) is 10.4. The van der Waals surface area contributed by atoms with Crippen LogP contribution >= 0.6 is 23.2 Å². The van der Waals surface area contributed by atoms with Gasteiger partial charge >= 0.3 is 12.2 Å². The van der Waals surface area contributed by atoms with Gasteiger partial charge in [-0.25, -0.2) is 0 Å². The molecule has 0 amide bonds. The number of alkyl halides is 3. The van der Waals surface area contributed by atoms with E-state index in [1.54, 1.807) is 7.11 Å². The highest BCUT2D eigenvalue weighted by molar-refractivity contribution is 6.30. The van der Waals surface area contributed by atoms with Crippen molar-refractivity contribution < 1.29 is 22.6 Å². The molecule has 1 N–H and O–H groups in total. The van der Waals surface area contributed by atoms with Gasteiger partial charge in [-0.05, 0) is 70.8 Å². The number of nitrogens with zero attached hydrogens (tertiary/aromatic N) is 2. The zero-order valence-electron chi connectivity index (χ0n) is 22.5. The highest BCUT2D eigenvalue weighted by atomic mass is 35.5. The summed E-state index contributed by atoms with van der Waals surface area (Å²) in [7, 11) is 1.57. The number of nitrogens with one attached hydrogen (secondary N) is 1. The summed E-state index contributed by atoms with van der Waals surface area (Å²) in [5.41, 5.74) is 3.63. The summed E-state index contributed by atoms with van der Waals surface area (Å²) in [5, 5.41) is 5.27. The van der Waals surface area contributed by atoms with Gasteiger partial charge in [0, 0.05) is 35.0 Å². The van der Waals surface area contributed by atoms with Crippen molar-refractivity contribution in [2.24, 2.45) is 0 Å². The summed E-state index contributed by atoms with van der Waals surface area (Å²) in [6, 6.07) is 26.4. The van der Waals surface area contributed by atoms with E-state index in [2.05, 4.69) is 15.3 Å². The average molecular weight is 612 g/mol. The molecule has 1 heterocycles. The largest absolute Gasteiger partial charge is 0.461 e. The molecule has 5 nitrogen and oxygen atoms in total. The SMILES string of the molecule is COCCOc1nc(NCc2ccc(C(F)(F)F)cc2)c2cc(C(c3ccc(Cl)cc3)c3ccc(Cl)cc3)ccc2n1. The molecule has 0 saturated heterocycles. The van der Waals surface area contributed by atoms with E-state index in [-0.39, 0.29) is 25.1 Å². The number of rotatable bonds is 10. The molecule has 0 atom stereocenters. The molecule has 0 radical (unpaired) electrons. The molecular weight excluding hydrogens is 586 g/mol. The number of hydrogen-bond acceptors (Lipinski definition) is 5. The van der Waals surface area contributed by atoms with Crippen molar-refractivity contribution in [1.82, 2.24) is 9.97 Å². The Morgan fingerprint density at radius 3 is 1.93 bits per heavy atom. The summed E-state index contributed by atoms with van der Waals surface area (Å²) in [6.07, 6.45) is -4.40. The van der Waals surface area contributed by atoms with Crippen LogP contribution in [0.25, 0.3) is 10.9 Å². The summed E-state index contributed by atoms with van der Waals surface area (Å²) in [6.45, 7) is 0.857. The molecule has 0 aliphatic carbocycles. The van der Waals surface area contributed by atoms with Crippen molar-refractivity contribution in [2.75, 3.05) is 25.6 Å². The van der Waals surface area contributed by atoms with Crippen molar-refractivity contribution in [2.45, 2.75) is 18.6 Å². The lowest BCUT2D eigenvalue weighted by Crippen LogP contribution is -2.10. The maximum absolute atomic E-state index is 13.0. The van der Waals surface area contributed by atoms with Gasteiger partial charge in [0.05, 0.1) is 17.7 Å².